The van der Waals surface area contributed by atoms with E-state index in [9.17, 15) is 0 Å². The van der Waals surface area contributed by atoms with Crippen LogP contribution >= 0.6 is 12.2 Å². The Morgan fingerprint density at radius 2 is 1.89 bits per heavy atom. The molecule has 2 N–H and O–H groups in total. The molecular weight excluding hydrogens is 256 g/mol. The molecule has 19 heavy (non-hydrogen) atoms. The summed E-state index contributed by atoms with van der Waals surface area (Å²) in [6.07, 6.45) is 1.72. The molecule has 4 nitrogen and oxygen atoms in total. The highest BCUT2D eigenvalue weighted by Crippen LogP contribution is 2.23. The van der Waals surface area contributed by atoms with Crippen LogP contribution in [0.1, 0.15) is 44.5 Å². The molecule has 0 aliphatic carbocycles. The van der Waals surface area contributed by atoms with Crippen molar-refractivity contribution in [3.63, 3.8) is 0 Å². The van der Waals surface area contributed by atoms with Gasteiger partial charge in [0.15, 0.2) is 5.82 Å². The first-order chi connectivity index (χ1) is 8.92. The Balaban J connectivity index is 3.35. The molecule has 1 aromatic rings. The molecule has 0 spiro atoms. The predicted molar refractivity (Wildman–Crippen MR) is 84.8 cm³/mol. The van der Waals surface area contributed by atoms with Crippen molar-refractivity contribution < 1.29 is 0 Å². The van der Waals surface area contributed by atoms with Crippen molar-refractivity contribution in [2.45, 2.75) is 40.5 Å². The van der Waals surface area contributed by atoms with Crippen LogP contribution in [-0.4, -0.2) is 28.8 Å². The van der Waals surface area contributed by atoms with Gasteiger partial charge in [0.25, 0.3) is 0 Å². The summed E-state index contributed by atoms with van der Waals surface area (Å²) < 4.78 is 0. The first-order valence-corrected chi connectivity index (χ1v) is 7.22. The van der Waals surface area contributed by atoms with Gasteiger partial charge in [-0.05, 0) is 24.3 Å². The van der Waals surface area contributed by atoms with E-state index >= 15 is 0 Å². The van der Waals surface area contributed by atoms with Crippen molar-refractivity contribution in [2.75, 3.05) is 18.5 Å². The fourth-order valence-corrected chi connectivity index (χ4v) is 2.54. The lowest BCUT2D eigenvalue weighted by Crippen LogP contribution is -2.28. The van der Waals surface area contributed by atoms with Crippen LogP contribution in [0.2, 0.25) is 0 Å². The smallest absolute Gasteiger partial charge is 0.161 e. The molecule has 0 unspecified atom stereocenters. The SMILES string of the molecule is CCc1nnc(N(C)CC(C)C)c(C(N)=S)c1CC. The molecule has 0 aliphatic heterocycles. The highest BCUT2D eigenvalue weighted by Gasteiger charge is 2.19. The van der Waals surface area contributed by atoms with Gasteiger partial charge in [-0.2, -0.15) is 5.10 Å². The molecule has 1 heterocycles. The van der Waals surface area contributed by atoms with Crippen molar-refractivity contribution in [3.8, 4) is 0 Å². The first kappa shape index (κ1) is 15.8. The lowest BCUT2D eigenvalue weighted by Gasteiger charge is -2.24. The lowest BCUT2D eigenvalue weighted by molar-refractivity contribution is 0.630. The Bertz CT molecular complexity index is 457. The van der Waals surface area contributed by atoms with Gasteiger partial charge in [0.1, 0.15) is 4.99 Å². The Labute approximate surface area is 121 Å². The summed E-state index contributed by atoms with van der Waals surface area (Å²) >= 11 is 5.23. The maximum absolute atomic E-state index is 5.92. The van der Waals surface area contributed by atoms with Gasteiger partial charge in [-0.1, -0.05) is 39.9 Å². The average Bonchev–Trinajstić information content (AvgIpc) is 2.35. The van der Waals surface area contributed by atoms with E-state index in [0.29, 0.717) is 10.9 Å². The zero-order valence-corrected chi connectivity index (χ0v) is 13.3. The van der Waals surface area contributed by atoms with Gasteiger partial charge in [-0.15, -0.1) is 5.10 Å². The van der Waals surface area contributed by atoms with Crippen LogP contribution in [-0.2, 0) is 12.8 Å². The van der Waals surface area contributed by atoms with Crippen molar-refractivity contribution in [3.05, 3.63) is 16.8 Å². The van der Waals surface area contributed by atoms with E-state index in [-0.39, 0.29) is 0 Å². The Morgan fingerprint density at radius 3 is 2.32 bits per heavy atom. The van der Waals surface area contributed by atoms with E-state index in [1.54, 1.807) is 0 Å². The van der Waals surface area contributed by atoms with Crippen LogP contribution < -0.4 is 10.6 Å². The fourth-order valence-electron chi connectivity index (χ4n) is 2.32. The monoisotopic (exact) mass is 280 g/mol. The van der Waals surface area contributed by atoms with E-state index < -0.39 is 0 Å². The molecule has 106 valence electrons. The number of nitrogens with two attached hydrogens (primary N) is 1. The number of hydrogen-bond donors (Lipinski definition) is 1. The fraction of sp³-hybridized carbons (Fsp3) is 0.643. The van der Waals surface area contributed by atoms with Gasteiger partial charge in [0.2, 0.25) is 0 Å². The zero-order chi connectivity index (χ0) is 14.6. The Hall–Kier alpha value is -1.23. The minimum atomic E-state index is 0.409. The second-order valence-electron chi connectivity index (χ2n) is 5.17. The highest BCUT2D eigenvalue weighted by molar-refractivity contribution is 7.80. The summed E-state index contributed by atoms with van der Waals surface area (Å²) in [6.45, 7) is 9.42. The summed E-state index contributed by atoms with van der Waals surface area (Å²) in [5.41, 5.74) is 8.94. The minimum absolute atomic E-state index is 0.409. The minimum Gasteiger partial charge on any atom is -0.389 e. The molecular formula is C14H24N4S. The third-order valence-electron chi connectivity index (χ3n) is 3.07. The molecule has 0 saturated carbocycles. The largest absolute Gasteiger partial charge is 0.389 e. The second-order valence-corrected chi connectivity index (χ2v) is 5.61. The van der Waals surface area contributed by atoms with Crippen LogP contribution in [0, 0.1) is 5.92 Å². The quantitative estimate of drug-likeness (QED) is 0.811. The molecule has 5 heteroatoms. The molecule has 0 aliphatic rings. The molecule has 0 amide bonds. The Kier molecular flexibility index (Phi) is 5.66. The standard InChI is InChI=1S/C14H24N4S/c1-6-10-11(7-2)16-17-14(12(10)13(15)19)18(5)8-9(3)4/h9H,6-8H2,1-5H3,(H2,15,19). The lowest BCUT2D eigenvalue weighted by atomic mass is 10.0. The molecule has 0 aromatic carbocycles. The number of anilines is 1. The van der Waals surface area contributed by atoms with Gasteiger partial charge in [0.05, 0.1) is 11.3 Å². The molecule has 0 atom stereocenters. The summed E-state index contributed by atoms with van der Waals surface area (Å²) in [6, 6.07) is 0. The van der Waals surface area contributed by atoms with Gasteiger partial charge < -0.3 is 10.6 Å². The van der Waals surface area contributed by atoms with Gasteiger partial charge >= 0.3 is 0 Å². The predicted octanol–water partition coefficient (Wildman–Crippen LogP) is 2.33. The third kappa shape index (κ3) is 3.62. The van der Waals surface area contributed by atoms with Crippen molar-refractivity contribution in [1.29, 1.82) is 0 Å². The van der Waals surface area contributed by atoms with Crippen molar-refractivity contribution >= 4 is 23.0 Å². The van der Waals surface area contributed by atoms with Crippen LogP contribution in [0.5, 0.6) is 0 Å². The van der Waals surface area contributed by atoms with Crippen LogP contribution in [0.3, 0.4) is 0 Å². The molecule has 0 saturated heterocycles. The number of thiocarbonyl (C=S) groups is 1. The summed E-state index contributed by atoms with van der Waals surface area (Å²) in [7, 11) is 2.01. The highest BCUT2D eigenvalue weighted by atomic mass is 32.1. The van der Waals surface area contributed by atoms with Crippen LogP contribution in [0.15, 0.2) is 0 Å². The van der Waals surface area contributed by atoms with E-state index in [1.807, 2.05) is 7.05 Å². The van der Waals surface area contributed by atoms with Crippen molar-refractivity contribution in [1.82, 2.24) is 10.2 Å². The number of aromatic nitrogens is 2. The number of rotatable bonds is 6. The van der Waals surface area contributed by atoms with Crippen LogP contribution in [0.4, 0.5) is 5.82 Å². The summed E-state index contributed by atoms with van der Waals surface area (Å²) in [5, 5.41) is 8.67. The topological polar surface area (TPSA) is 55.0 Å². The number of nitrogens with zero attached hydrogens (tertiary/aromatic N) is 3. The molecule has 0 fully saturated rings. The maximum Gasteiger partial charge on any atom is 0.161 e. The zero-order valence-electron chi connectivity index (χ0n) is 12.5. The van der Waals surface area contributed by atoms with Crippen molar-refractivity contribution in [2.24, 2.45) is 11.7 Å². The molecule has 1 rings (SSSR count). The van der Waals surface area contributed by atoms with E-state index in [0.717, 1.165) is 42.0 Å². The van der Waals surface area contributed by atoms with E-state index in [4.69, 9.17) is 18.0 Å². The van der Waals surface area contributed by atoms with E-state index in [2.05, 4.69) is 42.8 Å². The molecule has 0 bridgehead atoms. The van der Waals surface area contributed by atoms with Gasteiger partial charge in [0, 0.05) is 13.6 Å². The third-order valence-corrected chi connectivity index (χ3v) is 3.28. The van der Waals surface area contributed by atoms with Gasteiger partial charge in [-0.25, -0.2) is 0 Å². The normalized spacial score (nSPS) is 10.8. The molecule has 1 aromatic heterocycles. The van der Waals surface area contributed by atoms with Gasteiger partial charge in [-0.3, -0.25) is 0 Å². The second kappa shape index (κ2) is 6.80. The van der Waals surface area contributed by atoms with E-state index in [1.165, 1.54) is 0 Å². The first-order valence-electron chi connectivity index (χ1n) is 6.81. The Morgan fingerprint density at radius 1 is 1.26 bits per heavy atom. The number of hydrogen-bond acceptors (Lipinski definition) is 4. The summed E-state index contributed by atoms with van der Waals surface area (Å²) in [4.78, 5) is 2.50. The number of aryl methyl sites for hydroxylation is 1. The molecule has 0 radical (unpaired) electrons. The van der Waals surface area contributed by atoms with Crippen LogP contribution in [0.25, 0.3) is 0 Å². The average molecular weight is 280 g/mol. The maximum atomic E-state index is 5.92. The summed E-state index contributed by atoms with van der Waals surface area (Å²) in [5.74, 6) is 1.34.